The summed E-state index contributed by atoms with van der Waals surface area (Å²) in [5, 5.41) is 27.9. The van der Waals surface area contributed by atoms with Gasteiger partial charge in [-0.05, 0) is 36.8 Å². The zero-order chi connectivity index (χ0) is 19.0. The van der Waals surface area contributed by atoms with Crippen LogP contribution in [0.15, 0.2) is 53.3 Å². The maximum atomic E-state index is 9.94. The molecule has 7 heteroatoms. The fourth-order valence-electron chi connectivity index (χ4n) is 3.44. The number of aromatic nitrogens is 3. The summed E-state index contributed by atoms with van der Waals surface area (Å²) in [6.07, 6.45) is 3.30. The molecule has 27 heavy (non-hydrogen) atoms. The van der Waals surface area contributed by atoms with Crippen LogP contribution in [-0.4, -0.2) is 20.9 Å². The second-order valence-corrected chi connectivity index (χ2v) is 6.68. The van der Waals surface area contributed by atoms with Crippen LogP contribution in [-0.2, 0) is 0 Å². The molecule has 0 bridgehead atoms. The quantitative estimate of drug-likeness (QED) is 0.679. The van der Waals surface area contributed by atoms with Crippen LogP contribution >= 0.6 is 11.6 Å². The Bertz CT molecular complexity index is 1190. The number of nitriles is 2. The molecule has 0 amide bonds. The van der Waals surface area contributed by atoms with Crippen molar-refractivity contribution < 1.29 is 0 Å². The fraction of sp³-hybridized carbons (Fsp3) is 0.150. The van der Waals surface area contributed by atoms with Crippen molar-refractivity contribution in [3.8, 4) is 12.1 Å². The Labute approximate surface area is 160 Å². The first-order valence-electron chi connectivity index (χ1n) is 8.26. The molecule has 6 nitrogen and oxygen atoms in total. The highest BCUT2D eigenvalue weighted by Gasteiger charge is 2.35. The summed E-state index contributed by atoms with van der Waals surface area (Å²) in [5.41, 5.74) is 4.12. The van der Waals surface area contributed by atoms with E-state index in [0.717, 1.165) is 16.5 Å². The lowest BCUT2D eigenvalue weighted by Gasteiger charge is -2.28. The third-order valence-electron chi connectivity index (χ3n) is 4.72. The topological polar surface area (TPSA) is 102 Å². The summed E-state index contributed by atoms with van der Waals surface area (Å²) in [6.45, 7) is 1.81. The van der Waals surface area contributed by atoms with Crippen molar-refractivity contribution in [2.24, 2.45) is 10.9 Å². The Kier molecular flexibility index (Phi) is 4.19. The summed E-state index contributed by atoms with van der Waals surface area (Å²) >= 11 is 6.03. The minimum atomic E-state index is -0.523. The Balaban J connectivity index is 1.95. The van der Waals surface area contributed by atoms with E-state index >= 15 is 0 Å². The molecule has 3 aromatic rings. The van der Waals surface area contributed by atoms with E-state index in [9.17, 15) is 10.5 Å². The van der Waals surface area contributed by atoms with Gasteiger partial charge in [-0.1, -0.05) is 17.7 Å². The number of hydrogen-bond acceptors (Lipinski definition) is 5. The van der Waals surface area contributed by atoms with Gasteiger partial charge in [0.2, 0.25) is 0 Å². The first-order chi connectivity index (χ1) is 13.1. The van der Waals surface area contributed by atoms with Crippen molar-refractivity contribution in [3.05, 3.63) is 64.6 Å². The highest BCUT2D eigenvalue weighted by atomic mass is 35.5. The van der Waals surface area contributed by atoms with Crippen molar-refractivity contribution in [1.29, 1.82) is 10.5 Å². The number of nitrogens with one attached hydrogen (secondary N) is 1. The third kappa shape index (κ3) is 2.87. The van der Waals surface area contributed by atoms with E-state index in [1.165, 1.54) is 0 Å². The van der Waals surface area contributed by atoms with Crippen LogP contribution in [0.25, 0.3) is 16.6 Å². The molecule has 130 valence electrons. The average molecular weight is 373 g/mol. The Morgan fingerprint density at radius 2 is 2.04 bits per heavy atom. The number of nitrogens with zero attached hydrogens (tertiary/aromatic N) is 5. The molecular weight excluding hydrogens is 360 g/mol. The number of pyridine rings is 1. The normalized spacial score (nSPS) is 19.5. The molecule has 2 aromatic heterocycles. The fourth-order valence-corrected chi connectivity index (χ4v) is 3.61. The number of H-pyrrole nitrogens is 1. The van der Waals surface area contributed by atoms with E-state index in [2.05, 4.69) is 32.3 Å². The molecule has 0 spiro atoms. The predicted octanol–water partition coefficient (Wildman–Crippen LogP) is 4.24. The summed E-state index contributed by atoms with van der Waals surface area (Å²) < 4.78 is 0. The minimum Gasteiger partial charge on any atom is -0.278 e. The third-order valence-corrected chi connectivity index (χ3v) is 4.93. The minimum absolute atomic E-state index is 0.323. The van der Waals surface area contributed by atoms with Crippen molar-refractivity contribution >= 4 is 33.9 Å². The number of halogens is 1. The maximum absolute atomic E-state index is 9.94. The number of benzene rings is 1. The summed E-state index contributed by atoms with van der Waals surface area (Å²) in [4.78, 5) is 8.56. The Morgan fingerprint density at radius 1 is 1.19 bits per heavy atom. The number of aliphatic imine (C=N–C) groups is 1. The maximum Gasteiger partial charge on any atom is 0.129 e. The molecule has 0 saturated heterocycles. The zero-order valence-electron chi connectivity index (χ0n) is 14.3. The molecule has 0 radical (unpaired) electrons. The molecule has 0 saturated carbocycles. The van der Waals surface area contributed by atoms with E-state index in [0.29, 0.717) is 27.7 Å². The van der Waals surface area contributed by atoms with Crippen LogP contribution < -0.4 is 0 Å². The number of aromatic amines is 1. The molecule has 1 aliphatic rings. The second-order valence-electron chi connectivity index (χ2n) is 6.30. The summed E-state index contributed by atoms with van der Waals surface area (Å²) in [6, 6.07) is 13.8. The SMILES string of the molecule is CC1=NC(c2ccnc(Cl)c2)=C(C#N)C(c2ccc3[nH]ncc3c2)C1C#N. The first-order valence-corrected chi connectivity index (χ1v) is 8.64. The number of allylic oxidation sites excluding steroid dienone is 1. The molecule has 1 aliphatic heterocycles. The molecule has 3 heterocycles. The van der Waals surface area contributed by atoms with Gasteiger partial charge >= 0.3 is 0 Å². The molecule has 0 aliphatic carbocycles. The van der Waals surface area contributed by atoms with Gasteiger partial charge in [-0.15, -0.1) is 0 Å². The molecular formula is C20H13ClN6. The van der Waals surface area contributed by atoms with Gasteiger partial charge in [-0.2, -0.15) is 15.6 Å². The van der Waals surface area contributed by atoms with Gasteiger partial charge in [0.25, 0.3) is 0 Å². The largest absolute Gasteiger partial charge is 0.278 e. The second kappa shape index (κ2) is 6.68. The average Bonchev–Trinajstić information content (AvgIpc) is 3.14. The molecule has 2 atom stereocenters. The van der Waals surface area contributed by atoms with Crippen molar-refractivity contribution in [2.45, 2.75) is 12.8 Å². The van der Waals surface area contributed by atoms with E-state index in [1.807, 2.05) is 25.1 Å². The zero-order valence-corrected chi connectivity index (χ0v) is 15.1. The Morgan fingerprint density at radius 3 is 2.78 bits per heavy atom. The number of fused-ring (bicyclic) bond motifs is 1. The van der Waals surface area contributed by atoms with Gasteiger partial charge in [-0.25, -0.2) is 4.98 Å². The molecule has 0 fully saturated rings. The first kappa shape index (κ1) is 17.0. The summed E-state index contributed by atoms with van der Waals surface area (Å²) in [7, 11) is 0. The van der Waals surface area contributed by atoms with Gasteiger partial charge in [0.1, 0.15) is 5.15 Å². The van der Waals surface area contributed by atoms with Crippen LogP contribution in [0, 0.1) is 28.6 Å². The van der Waals surface area contributed by atoms with Crippen LogP contribution in [0.1, 0.15) is 24.0 Å². The number of rotatable bonds is 2. The molecule has 2 unspecified atom stereocenters. The van der Waals surface area contributed by atoms with Crippen LogP contribution in [0.3, 0.4) is 0 Å². The predicted molar refractivity (Wildman–Crippen MR) is 103 cm³/mol. The smallest absolute Gasteiger partial charge is 0.129 e. The van der Waals surface area contributed by atoms with Crippen LogP contribution in [0.5, 0.6) is 0 Å². The van der Waals surface area contributed by atoms with E-state index < -0.39 is 11.8 Å². The standard InChI is InChI=1S/C20H13ClN6/c1-11-15(8-22)19(12-2-3-17-14(6-12)10-25-27-17)16(9-23)20(26-11)13-4-5-24-18(21)7-13/h2-7,10,15,19H,1H3,(H,25,27). The lowest BCUT2D eigenvalue weighted by atomic mass is 9.76. The Hall–Kier alpha value is -3.48. The number of hydrogen-bond donors (Lipinski definition) is 1. The lowest BCUT2D eigenvalue weighted by Crippen LogP contribution is -2.25. The van der Waals surface area contributed by atoms with Gasteiger partial charge in [0.05, 0.1) is 41.0 Å². The molecule has 4 rings (SSSR count). The highest BCUT2D eigenvalue weighted by molar-refractivity contribution is 6.29. The van der Waals surface area contributed by atoms with Crippen LogP contribution in [0.4, 0.5) is 0 Å². The van der Waals surface area contributed by atoms with Gasteiger partial charge in [0, 0.05) is 28.8 Å². The van der Waals surface area contributed by atoms with Crippen molar-refractivity contribution in [2.75, 3.05) is 0 Å². The molecule has 1 N–H and O–H groups in total. The highest BCUT2D eigenvalue weighted by Crippen LogP contribution is 2.42. The monoisotopic (exact) mass is 372 g/mol. The van der Waals surface area contributed by atoms with E-state index in [1.54, 1.807) is 24.5 Å². The van der Waals surface area contributed by atoms with E-state index in [-0.39, 0.29) is 0 Å². The van der Waals surface area contributed by atoms with Crippen LogP contribution in [0.2, 0.25) is 5.15 Å². The van der Waals surface area contributed by atoms with E-state index in [4.69, 9.17) is 11.6 Å². The van der Waals surface area contributed by atoms with Crippen molar-refractivity contribution in [1.82, 2.24) is 15.2 Å². The van der Waals surface area contributed by atoms with Gasteiger partial charge in [0.15, 0.2) is 0 Å². The lowest BCUT2D eigenvalue weighted by molar-refractivity contribution is 0.720. The van der Waals surface area contributed by atoms with Crippen molar-refractivity contribution in [3.63, 3.8) is 0 Å². The summed E-state index contributed by atoms with van der Waals surface area (Å²) in [5.74, 6) is -0.941. The molecule has 1 aromatic carbocycles. The van der Waals surface area contributed by atoms with Gasteiger partial charge < -0.3 is 0 Å². The van der Waals surface area contributed by atoms with Gasteiger partial charge in [-0.3, -0.25) is 10.1 Å².